The van der Waals surface area contributed by atoms with Gasteiger partial charge in [0.1, 0.15) is 0 Å². The Morgan fingerprint density at radius 3 is 1.09 bits per heavy atom. The predicted octanol–water partition coefficient (Wildman–Crippen LogP) is 9.19. The topological polar surface area (TPSA) is 6.48 Å². The van der Waals surface area contributed by atoms with Crippen LogP contribution >= 0.6 is 19.1 Å². The maximum absolute atomic E-state index is 6.86. The van der Waals surface area contributed by atoms with Gasteiger partial charge >= 0.3 is 210 Å². The monoisotopic (exact) mass is 565 g/mol. The van der Waals surface area contributed by atoms with Crippen molar-refractivity contribution in [2.24, 2.45) is 0 Å². The molecule has 2 aromatic carbocycles. The van der Waals surface area contributed by atoms with Crippen LogP contribution in [0.25, 0.3) is 0 Å². The molecule has 0 fully saturated rings. The summed E-state index contributed by atoms with van der Waals surface area (Å²) in [6.07, 6.45) is 4.39. The fourth-order valence-electron chi connectivity index (χ4n) is 4.51. The van der Waals surface area contributed by atoms with Crippen LogP contribution in [0.1, 0.15) is 101 Å². The molecule has 0 aliphatic carbocycles. The van der Waals surface area contributed by atoms with Crippen molar-refractivity contribution in [1.29, 1.82) is 0 Å². The molecule has 0 saturated heterocycles. The Morgan fingerprint density at radius 2 is 0.875 bits per heavy atom. The van der Waals surface area contributed by atoms with Crippen LogP contribution in [-0.4, -0.2) is 4.64 Å². The molecular weight excluding hydrogens is 530 g/mol. The molecule has 0 aromatic heterocycles. The Balaban J connectivity index is 2.22. The summed E-state index contributed by atoms with van der Waals surface area (Å²) >= 11 is -1.90. The van der Waals surface area contributed by atoms with E-state index in [1.807, 2.05) is 0 Å². The van der Waals surface area contributed by atoms with Crippen LogP contribution in [-0.2, 0) is 14.7 Å². The first-order chi connectivity index (χ1) is 15.1. The second-order valence-corrected chi connectivity index (χ2v) is 15.2. The standard InChI is InChI=1S/C27H37N2.2ClH.Pd/c1-18(2)22-11-9-12-23(19(3)4)26(22)28-15-16-29(17-28)27-24(20(5)6)13-10-14-25(27)21(7)8;;;/h9-21H,1-8H3;2*1H;/q;;;+2/p-2. The summed E-state index contributed by atoms with van der Waals surface area (Å²) in [4.78, 5) is 4.71. The molecule has 3 rings (SSSR count). The molecule has 0 spiro atoms. The molecule has 0 atom stereocenters. The molecule has 1 aliphatic heterocycles. The summed E-state index contributed by atoms with van der Waals surface area (Å²) in [7, 11) is 13.7. The molecule has 1 aliphatic rings. The summed E-state index contributed by atoms with van der Waals surface area (Å²) in [6.45, 7) is 18.1. The summed E-state index contributed by atoms with van der Waals surface area (Å²) in [5.74, 6) is 1.63. The first kappa shape index (κ1) is 25.6. The van der Waals surface area contributed by atoms with Crippen molar-refractivity contribution in [1.82, 2.24) is 0 Å². The first-order valence-corrected chi connectivity index (χ1v) is 16.4. The van der Waals surface area contributed by atoms with Crippen LogP contribution in [0.4, 0.5) is 11.4 Å². The minimum absolute atomic E-state index is 0.0980. The van der Waals surface area contributed by atoms with E-state index < -0.39 is 14.7 Å². The number of hydrogen-bond donors (Lipinski definition) is 0. The van der Waals surface area contributed by atoms with Gasteiger partial charge < -0.3 is 0 Å². The van der Waals surface area contributed by atoms with Gasteiger partial charge in [0.15, 0.2) is 0 Å². The van der Waals surface area contributed by atoms with E-state index in [2.05, 4.69) is 114 Å². The van der Waals surface area contributed by atoms with E-state index in [0.717, 1.165) is 0 Å². The second kappa shape index (κ2) is 10.5. The predicted molar refractivity (Wildman–Crippen MR) is 139 cm³/mol. The van der Waals surface area contributed by atoms with Crippen molar-refractivity contribution >= 4 is 30.4 Å². The zero-order chi connectivity index (χ0) is 23.7. The third kappa shape index (κ3) is 4.93. The maximum atomic E-state index is 6.86. The molecule has 5 heteroatoms. The number of halogens is 2. The van der Waals surface area contributed by atoms with Crippen molar-refractivity contribution in [3.05, 3.63) is 71.1 Å². The first-order valence-electron chi connectivity index (χ1n) is 11.5. The van der Waals surface area contributed by atoms with Gasteiger partial charge in [-0.15, -0.1) is 0 Å². The van der Waals surface area contributed by atoms with Gasteiger partial charge in [0.25, 0.3) is 0 Å². The molecule has 0 bridgehead atoms. The third-order valence-corrected chi connectivity index (χ3v) is 9.07. The number of benzene rings is 2. The number of rotatable bonds is 7. The number of nitrogens with zero attached hydrogens (tertiary/aromatic N) is 2. The van der Waals surface area contributed by atoms with E-state index in [1.165, 1.54) is 33.6 Å². The van der Waals surface area contributed by atoms with Crippen LogP contribution in [0, 0.1) is 0 Å². The van der Waals surface area contributed by atoms with Gasteiger partial charge in [-0.2, -0.15) is 0 Å². The summed E-state index contributed by atoms with van der Waals surface area (Å²) in [6, 6.07) is 13.4. The molecule has 179 valence electrons. The summed E-state index contributed by atoms with van der Waals surface area (Å²) in [5.41, 5.74) is 7.90. The van der Waals surface area contributed by atoms with Crippen molar-refractivity contribution in [3.63, 3.8) is 0 Å². The molecule has 0 saturated carbocycles. The Morgan fingerprint density at radius 1 is 0.594 bits per heavy atom. The van der Waals surface area contributed by atoms with Crippen molar-refractivity contribution < 1.29 is 14.7 Å². The average Bonchev–Trinajstić information content (AvgIpc) is 3.17. The molecule has 0 N–H and O–H groups in total. The van der Waals surface area contributed by atoms with E-state index in [9.17, 15) is 0 Å². The van der Waals surface area contributed by atoms with Gasteiger partial charge in [-0.05, 0) is 0 Å². The molecule has 2 nitrogen and oxygen atoms in total. The Bertz CT molecular complexity index is 840. The van der Waals surface area contributed by atoms with Crippen LogP contribution < -0.4 is 9.80 Å². The van der Waals surface area contributed by atoms with Crippen LogP contribution in [0.2, 0.25) is 0 Å². The van der Waals surface area contributed by atoms with Gasteiger partial charge in [0.05, 0.1) is 0 Å². The van der Waals surface area contributed by atoms with Crippen LogP contribution in [0.5, 0.6) is 0 Å². The zero-order valence-corrected chi connectivity index (χ0v) is 23.5. The summed E-state index contributed by atoms with van der Waals surface area (Å²) in [5, 5.41) is 0. The van der Waals surface area contributed by atoms with Crippen LogP contribution in [0.3, 0.4) is 0 Å². The van der Waals surface area contributed by atoms with E-state index in [-0.39, 0.29) is 4.64 Å². The van der Waals surface area contributed by atoms with Gasteiger partial charge in [-0.25, -0.2) is 0 Å². The second-order valence-electron chi connectivity index (χ2n) is 9.76. The van der Waals surface area contributed by atoms with Gasteiger partial charge in [0.2, 0.25) is 0 Å². The normalized spacial score (nSPS) is 15.2. The minimum atomic E-state index is -1.90. The third-order valence-electron chi connectivity index (χ3n) is 6.14. The van der Waals surface area contributed by atoms with Gasteiger partial charge in [0, 0.05) is 0 Å². The zero-order valence-electron chi connectivity index (χ0n) is 20.5. The number of para-hydroxylation sites is 2. The Labute approximate surface area is 208 Å². The fourth-order valence-corrected chi connectivity index (χ4v) is 7.40. The van der Waals surface area contributed by atoms with Crippen LogP contribution in [0.15, 0.2) is 48.8 Å². The fraction of sp³-hybridized carbons (Fsp3) is 0.481. The van der Waals surface area contributed by atoms with Crippen molar-refractivity contribution in [2.75, 3.05) is 9.80 Å². The quantitative estimate of drug-likeness (QED) is 0.308. The number of hydrogen-bond acceptors (Lipinski definition) is 2. The molecule has 1 heterocycles. The van der Waals surface area contributed by atoms with E-state index >= 15 is 0 Å². The Hall–Kier alpha value is -0.978. The average molecular weight is 567 g/mol. The van der Waals surface area contributed by atoms with Crippen molar-refractivity contribution in [3.8, 4) is 0 Å². The SMILES string of the molecule is CC(C)c1cccc(C(C)C)c1N1C=CN(c2c(C(C)C)cccc2C(C)C)[CH]1[Pd]([Cl])[Cl]. The molecule has 0 radical (unpaired) electrons. The Kier molecular flexibility index (Phi) is 8.43. The molecule has 0 unspecified atom stereocenters. The van der Waals surface area contributed by atoms with Gasteiger partial charge in [-0.1, -0.05) is 0 Å². The molecule has 32 heavy (non-hydrogen) atoms. The van der Waals surface area contributed by atoms with E-state index in [4.69, 9.17) is 19.1 Å². The van der Waals surface area contributed by atoms with Crippen molar-refractivity contribution in [2.45, 2.75) is 83.7 Å². The molecule has 2 aromatic rings. The molecular formula is C27H37Cl2N2Pd. The van der Waals surface area contributed by atoms with E-state index in [1.54, 1.807) is 0 Å². The van der Waals surface area contributed by atoms with Gasteiger partial charge in [-0.3, -0.25) is 0 Å². The molecule has 0 amide bonds. The number of anilines is 2. The van der Waals surface area contributed by atoms with E-state index in [0.29, 0.717) is 23.7 Å². The summed E-state index contributed by atoms with van der Waals surface area (Å²) < 4.78 is -0.0980.